The maximum absolute atomic E-state index is 11.8. The van der Waals surface area contributed by atoms with Crippen LogP contribution < -0.4 is 10.6 Å². The van der Waals surface area contributed by atoms with Crippen molar-refractivity contribution in [3.05, 3.63) is 66.1 Å². The lowest BCUT2D eigenvalue weighted by Gasteiger charge is -2.07. The molecule has 1 amide bonds. The summed E-state index contributed by atoms with van der Waals surface area (Å²) < 4.78 is 0. The maximum Gasteiger partial charge on any atom is 0.267 e. The molecule has 4 aromatic rings. The highest BCUT2D eigenvalue weighted by atomic mass is 16.3. The van der Waals surface area contributed by atoms with E-state index in [1.54, 1.807) is 37.6 Å². The van der Waals surface area contributed by atoms with E-state index in [2.05, 4.69) is 30.6 Å². The smallest absolute Gasteiger partial charge is 0.267 e. The summed E-state index contributed by atoms with van der Waals surface area (Å²) in [5.41, 5.74) is 4.28. The molecule has 1 aromatic carbocycles. The molecular weight excluding hydrogens is 356 g/mol. The van der Waals surface area contributed by atoms with Crippen LogP contribution in [0.2, 0.25) is 0 Å². The molecule has 0 unspecified atom stereocenters. The minimum Gasteiger partial charge on any atom is -0.392 e. The topological polar surface area (TPSA) is 116 Å². The third kappa shape index (κ3) is 3.53. The lowest BCUT2D eigenvalue weighted by Crippen LogP contribution is -2.17. The highest BCUT2D eigenvalue weighted by molar-refractivity contribution is 5.98. The number of amides is 1. The summed E-state index contributed by atoms with van der Waals surface area (Å²) in [5, 5.41) is 15.8. The van der Waals surface area contributed by atoms with Gasteiger partial charge in [-0.25, -0.2) is 9.97 Å². The van der Waals surface area contributed by atoms with Gasteiger partial charge in [0.2, 0.25) is 5.95 Å². The Morgan fingerprint density at radius 1 is 1.11 bits per heavy atom. The third-order valence-electron chi connectivity index (χ3n) is 4.27. The molecule has 140 valence electrons. The number of anilines is 2. The van der Waals surface area contributed by atoms with Gasteiger partial charge in [0.15, 0.2) is 0 Å². The van der Waals surface area contributed by atoms with Crippen LogP contribution in [0.15, 0.2) is 54.9 Å². The second-order valence-corrected chi connectivity index (χ2v) is 6.16. The van der Waals surface area contributed by atoms with E-state index < -0.39 is 0 Å². The average Bonchev–Trinajstić information content (AvgIpc) is 3.17. The predicted octanol–water partition coefficient (Wildman–Crippen LogP) is 2.62. The molecule has 0 spiro atoms. The number of carbonyl (C=O) groups is 1. The fraction of sp³-hybridized carbons (Fsp3) is 0.100. The molecule has 0 saturated carbocycles. The molecule has 3 heterocycles. The van der Waals surface area contributed by atoms with Crippen molar-refractivity contribution >= 4 is 28.4 Å². The minimum absolute atomic E-state index is 0.0485. The monoisotopic (exact) mass is 374 g/mol. The first-order valence-corrected chi connectivity index (χ1v) is 8.67. The third-order valence-corrected chi connectivity index (χ3v) is 4.27. The van der Waals surface area contributed by atoms with Crippen LogP contribution in [-0.2, 0) is 6.61 Å². The fourth-order valence-electron chi connectivity index (χ4n) is 2.83. The summed E-state index contributed by atoms with van der Waals surface area (Å²) in [6.45, 7) is -0.0485. The highest BCUT2D eigenvalue weighted by Gasteiger charge is 2.09. The number of aliphatic hydroxyl groups excluding tert-OH is 1. The maximum atomic E-state index is 11.8. The highest BCUT2D eigenvalue weighted by Crippen LogP contribution is 2.23. The zero-order valence-electron chi connectivity index (χ0n) is 15.1. The summed E-state index contributed by atoms with van der Waals surface area (Å²) in [4.78, 5) is 27.9. The van der Waals surface area contributed by atoms with Crippen LogP contribution in [0.4, 0.5) is 11.6 Å². The predicted molar refractivity (Wildman–Crippen MR) is 106 cm³/mol. The van der Waals surface area contributed by atoms with E-state index in [9.17, 15) is 4.79 Å². The number of aliphatic hydroxyl groups is 1. The number of fused-ring (bicyclic) bond motifs is 1. The number of pyridine rings is 1. The number of aromatic amines is 1. The van der Waals surface area contributed by atoms with Crippen LogP contribution in [0.5, 0.6) is 0 Å². The Bertz CT molecular complexity index is 1140. The van der Waals surface area contributed by atoms with Gasteiger partial charge in [0.25, 0.3) is 5.91 Å². The first kappa shape index (κ1) is 17.6. The molecule has 0 fully saturated rings. The number of nitrogens with one attached hydrogen (secondary N) is 3. The van der Waals surface area contributed by atoms with E-state index in [1.165, 1.54) is 0 Å². The molecule has 3 aromatic heterocycles. The van der Waals surface area contributed by atoms with Crippen LogP contribution in [0.1, 0.15) is 16.1 Å². The van der Waals surface area contributed by atoms with Crippen molar-refractivity contribution in [1.82, 2.24) is 25.3 Å². The Hall–Kier alpha value is -3.78. The van der Waals surface area contributed by atoms with E-state index in [1.807, 2.05) is 24.3 Å². The average molecular weight is 374 g/mol. The van der Waals surface area contributed by atoms with Crippen molar-refractivity contribution in [2.75, 3.05) is 12.4 Å². The minimum atomic E-state index is -0.165. The molecule has 28 heavy (non-hydrogen) atoms. The van der Waals surface area contributed by atoms with Gasteiger partial charge >= 0.3 is 0 Å². The van der Waals surface area contributed by atoms with E-state index in [0.717, 1.165) is 22.2 Å². The summed E-state index contributed by atoms with van der Waals surface area (Å²) >= 11 is 0. The van der Waals surface area contributed by atoms with Crippen molar-refractivity contribution in [2.45, 2.75) is 6.61 Å². The number of H-pyrrole nitrogens is 1. The van der Waals surface area contributed by atoms with E-state index in [4.69, 9.17) is 5.11 Å². The molecule has 0 aliphatic rings. The van der Waals surface area contributed by atoms with Crippen molar-refractivity contribution in [1.29, 1.82) is 0 Å². The number of aromatic nitrogens is 4. The summed E-state index contributed by atoms with van der Waals surface area (Å²) in [7, 11) is 1.59. The SMILES string of the molecule is CNC(=O)c1cc2cc(Nc3nccc(-c4ccc(CO)cn4)n3)ccc2[nH]1. The van der Waals surface area contributed by atoms with E-state index >= 15 is 0 Å². The zero-order valence-corrected chi connectivity index (χ0v) is 15.1. The molecule has 4 N–H and O–H groups in total. The summed E-state index contributed by atoms with van der Waals surface area (Å²) in [5.74, 6) is 0.272. The molecule has 8 heteroatoms. The van der Waals surface area contributed by atoms with Crippen LogP contribution in [0, 0.1) is 0 Å². The number of hydrogen-bond donors (Lipinski definition) is 4. The van der Waals surface area contributed by atoms with Crippen LogP contribution in [-0.4, -0.2) is 38.0 Å². The van der Waals surface area contributed by atoms with Gasteiger partial charge < -0.3 is 20.7 Å². The van der Waals surface area contributed by atoms with Gasteiger partial charge in [-0.05, 0) is 42.0 Å². The van der Waals surface area contributed by atoms with Crippen LogP contribution >= 0.6 is 0 Å². The Morgan fingerprint density at radius 2 is 2.00 bits per heavy atom. The summed E-state index contributed by atoms with van der Waals surface area (Å²) in [6, 6.07) is 12.9. The Labute approximate surface area is 160 Å². The largest absolute Gasteiger partial charge is 0.392 e. The van der Waals surface area contributed by atoms with Crippen LogP contribution in [0.3, 0.4) is 0 Å². The Balaban J connectivity index is 1.59. The molecular formula is C20H18N6O2. The molecule has 0 bridgehead atoms. The van der Waals surface area contributed by atoms with Gasteiger partial charge in [0.05, 0.1) is 18.0 Å². The van der Waals surface area contributed by atoms with Crippen molar-refractivity contribution in [2.24, 2.45) is 0 Å². The van der Waals surface area contributed by atoms with Gasteiger partial charge in [-0.15, -0.1) is 0 Å². The summed E-state index contributed by atoms with van der Waals surface area (Å²) in [6.07, 6.45) is 3.28. The van der Waals surface area contributed by atoms with E-state index in [0.29, 0.717) is 23.0 Å². The second-order valence-electron chi connectivity index (χ2n) is 6.16. The first-order valence-electron chi connectivity index (χ1n) is 8.67. The number of hydrogen-bond acceptors (Lipinski definition) is 6. The number of carbonyl (C=O) groups excluding carboxylic acids is 1. The van der Waals surface area contributed by atoms with Crippen molar-refractivity contribution in [3.63, 3.8) is 0 Å². The molecule has 0 saturated heterocycles. The number of nitrogens with zero attached hydrogens (tertiary/aromatic N) is 3. The van der Waals surface area contributed by atoms with Gasteiger partial charge in [0.1, 0.15) is 5.69 Å². The molecule has 8 nitrogen and oxygen atoms in total. The van der Waals surface area contributed by atoms with E-state index in [-0.39, 0.29) is 12.5 Å². The standard InChI is InChI=1S/C20H18N6O2/c1-21-19(28)18-9-13-8-14(3-5-15(13)25-18)24-20-22-7-6-17(26-20)16-4-2-12(11-27)10-23-16/h2-10,25,27H,11H2,1H3,(H,21,28)(H,22,24,26). The van der Waals surface area contributed by atoms with Crippen molar-refractivity contribution < 1.29 is 9.90 Å². The van der Waals surface area contributed by atoms with Crippen LogP contribution in [0.25, 0.3) is 22.3 Å². The molecule has 0 aliphatic carbocycles. The van der Waals surface area contributed by atoms with Gasteiger partial charge in [0, 0.05) is 36.0 Å². The Morgan fingerprint density at radius 3 is 2.75 bits per heavy atom. The zero-order chi connectivity index (χ0) is 19.5. The first-order chi connectivity index (χ1) is 13.7. The number of rotatable bonds is 5. The van der Waals surface area contributed by atoms with Gasteiger partial charge in [-0.2, -0.15) is 0 Å². The van der Waals surface area contributed by atoms with Gasteiger partial charge in [-0.3, -0.25) is 9.78 Å². The van der Waals surface area contributed by atoms with Gasteiger partial charge in [-0.1, -0.05) is 6.07 Å². The lowest BCUT2D eigenvalue weighted by atomic mass is 10.2. The fourth-order valence-corrected chi connectivity index (χ4v) is 2.83. The molecule has 0 atom stereocenters. The quantitative estimate of drug-likeness (QED) is 0.427. The molecule has 0 radical (unpaired) electrons. The molecule has 4 rings (SSSR count). The Kier molecular flexibility index (Phi) is 4.69. The number of benzene rings is 1. The second kappa shape index (κ2) is 7.45. The van der Waals surface area contributed by atoms with Crippen molar-refractivity contribution in [3.8, 4) is 11.4 Å². The normalized spacial score (nSPS) is 10.8. The lowest BCUT2D eigenvalue weighted by molar-refractivity contribution is 0.0959. The molecule has 0 aliphatic heterocycles.